The molecular formula is C16H17Cl3MgO2. The molecule has 2 aromatic carbocycles. The van der Waals surface area contributed by atoms with E-state index in [2.05, 4.69) is 0 Å². The number of methoxy groups -OCH3 is 2. The first-order chi connectivity index (χ1) is 9.95. The Morgan fingerprint density at radius 1 is 0.727 bits per heavy atom. The van der Waals surface area contributed by atoms with Crippen LogP contribution in [0, 0.1) is 0 Å². The van der Waals surface area contributed by atoms with Crippen molar-refractivity contribution in [1.29, 1.82) is 0 Å². The van der Waals surface area contributed by atoms with Gasteiger partial charge in [-0.15, -0.1) is 0 Å². The summed E-state index contributed by atoms with van der Waals surface area (Å²) in [5.41, 5.74) is 1.81. The summed E-state index contributed by atoms with van der Waals surface area (Å²) in [6.45, 7) is 0. The third kappa shape index (κ3) is 4.83. The highest BCUT2D eigenvalue weighted by Gasteiger charge is 2.35. The number of ether oxygens (including phenoxy) is 2. The highest BCUT2D eigenvalue weighted by molar-refractivity contribution is 6.68. The van der Waals surface area contributed by atoms with Crippen LogP contribution in [0.1, 0.15) is 17.0 Å². The minimum Gasteiger partial charge on any atom is -0.497 e. The molecule has 2 nitrogen and oxygen atoms in total. The van der Waals surface area contributed by atoms with Gasteiger partial charge in [-0.1, -0.05) is 59.1 Å². The maximum absolute atomic E-state index is 6.18. The van der Waals surface area contributed by atoms with Gasteiger partial charge in [0.1, 0.15) is 11.5 Å². The minimum atomic E-state index is -1.46. The summed E-state index contributed by atoms with van der Waals surface area (Å²) < 4.78 is 8.85. The Morgan fingerprint density at radius 2 is 1.05 bits per heavy atom. The van der Waals surface area contributed by atoms with Crippen LogP contribution in [0.3, 0.4) is 0 Å². The monoisotopic (exact) mass is 370 g/mol. The summed E-state index contributed by atoms with van der Waals surface area (Å²) in [6.07, 6.45) is 0. The van der Waals surface area contributed by atoms with E-state index < -0.39 is 3.79 Å². The number of halogens is 3. The highest BCUT2D eigenvalue weighted by Crippen LogP contribution is 2.46. The molecule has 0 atom stereocenters. The molecule has 0 unspecified atom stereocenters. The molecule has 0 N–H and O–H groups in total. The predicted octanol–water partition coefficient (Wildman–Crippen LogP) is 4.29. The first-order valence-electron chi connectivity index (χ1n) is 6.30. The van der Waals surface area contributed by atoms with Gasteiger partial charge in [0, 0.05) is 0 Å². The van der Waals surface area contributed by atoms with Gasteiger partial charge in [0.15, 0.2) is 0 Å². The molecule has 116 valence electrons. The smallest absolute Gasteiger partial charge is 0.316 e. The predicted molar refractivity (Wildman–Crippen MR) is 96.7 cm³/mol. The zero-order chi connectivity index (χ0) is 15.5. The Balaban J connectivity index is 0.00000242. The topological polar surface area (TPSA) is 18.5 Å². The van der Waals surface area contributed by atoms with E-state index in [0.717, 1.165) is 22.6 Å². The lowest BCUT2D eigenvalue weighted by atomic mass is 9.92. The Hall–Kier alpha value is -0.324. The largest absolute Gasteiger partial charge is 0.497 e. The molecule has 6 heteroatoms. The van der Waals surface area contributed by atoms with Crippen molar-refractivity contribution in [2.75, 3.05) is 14.2 Å². The zero-order valence-electron chi connectivity index (χ0n) is 11.6. The van der Waals surface area contributed by atoms with Gasteiger partial charge in [0.05, 0.1) is 20.1 Å². The fourth-order valence-corrected chi connectivity index (χ4v) is 2.92. The van der Waals surface area contributed by atoms with Crippen LogP contribution in [0.5, 0.6) is 11.5 Å². The molecule has 22 heavy (non-hydrogen) atoms. The number of benzene rings is 2. The van der Waals surface area contributed by atoms with Crippen LogP contribution in [-0.4, -0.2) is 41.1 Å². The maximum atomic E-state index is 6.18. The molecule has 2 aromatic rings. The van der Waals surface area contributed by atoms with Crippen molar-refractivity contribution in [3.05, 3.63) is 59.7 Å². The fourth-order valence-electron chi connectivity index (χ4n) is 2.16. The minimum absolute atomic E-state index is 0. The van der Waals surface area contributed by atoms with Gasteiger partial charge in [-0.3, -0.25) is 0 Å². The quantitative estimate of drug-likeness (QED) is 0.589. The van der Waals surface area contributed by atoms with E-state index in [4.69, 9.17) is 44.3 Å². The van der Waals surface area contributed by atoms with Crippen molar-refractivity contribution >= 4 is 57.9 Å². The summed E-state index contributed by atoms with van der Waals surface area (Å²) in [5.74, 6) is 1.15. The van der Waals surface area contributed by atoms with Crippen LogP contribution in [0.4, 0.5) is 0 Å². The summed E-state index contributed by atoms with van der Waals surface area (Å²) >= 11 is 18.6. The normalized spacial score (nSPS) is 11.0. The number of alkyl halides is 3. The average Bonchev–Trinajstić information content (AvgIpc) is 2.47. The lowest BCUT2D eigenvalue weighted by molar-refractivity contribution is 0.414. The molecule has 2 rings (SSSR count). The number of hydrogen-bond acceptors (Lipinski definition) is 2. The molecule has 0 aliphatic carbocycles. The molecule has 0 saturated heterocycles. The standard InChI is InChI=1S/C16H15Cl3O2.Mg.2H/c1-20-13-7-3-11(4-8-13)15(16(17,18)19)12-5-9-14(21-2)10-6-12;;;/h3-10,15H,1-2H3;;;. The molecule has 0 aromatic heterocycles. The maximum Gasteiger partial charge on any atom is 0.316 e. The second-order valence-electron chi connectivity index (χ2n) is 4.52. The molecule has 0 spiro atoms. The average molecular weight is 372 g/mol. The Labute approximate surface area is 161 Å². The highest BCUT2D eigenvalue weighted by atomic mass is 35.6. The lowest BCUT2D eigenvalue weighted by Crippen LogP contribution is -2.18. The summed E-state index contributed by atoms with van der Waals surface area (Å²) in [5, 5.41) is 0. The van der Waals surface area contributed by atoms with Crippen LogP contribution in [-0.2, 0) is 0 Å². The summed E-state index contributed by atoms with van der Waals surface area (Å²) in [7, 11) is 3.23. The van der Waals surface area contributed by atoms with Gasteiger partial charge < -0.3 is 9.47 Å². The van der Waals surface area contributed by atoms with E-state index in [1.807, 2.05) is 48.5 Å². The van der Waals surface area contributed by atoms with Crippen molar-refractivity contribution in [2.45, 2.75) is 9.71 Å². The Morgan fingerprint density at radius 3 is 1.27 bits per heavy atom. The van der Waals surface area contributed by atoms with Crippen molar-refractivity contribution in [3.63, 3.8) is 0 Å². The van der Waals surface area contributed by atoms with Crippen molar-refractivity contribution in [1.82, 2.24) is 0 Å². The summed E-state index contributed by atoms with van der Waals surface area (Å²) in [4.78, 5) is 0. The van der Waals surface area contributed by atoms with E-state index in [9.17, 15) is 0 Å². The van der Waals surface area contributed by atoms with Gasteiger partial charge in [-0.2, -0.15) is 0 Å². The molecule has 0 heterocycles. The van der Waals surface area contributed by atoms with E-state index in [0.29, 0.717) is 0 Å². The lowest BCUT2D eigenvalue weighted by Gasteiger charge is -2.25. The van der Waals surface area contributed by atoms with Gasteiger partial charge >= 0.3 is 23.1 Å². The van der Waals surface area contributed by atoms with Crippen LogP contribution < -0.4 is 9.47 Å². The second-order valence-corrected chi connectivity index (χ2v) is 6.89. The number of hydrogen-bond donors (Lipinski definition) is 0. The molecule has 0 aliphatic rings. The van der Waals surface area contributed by atoms with Gasteiger partial charge in [0.25, 0.3) is 0 Å². The molecule has 0 amide bonds. The molecule has 0 radical (unpaired) electrons. The first-order valence-corrected chi connectivity index (χ1v) is 7.43. The van der Waals surface area contributed by atoms with E-state index >= 15 is 0 Å². The first kappa shape index (κ1) is 19.7. The fraction of sp³-hybridized carbons (Fsp3) is 0.250. The van der Waals surface area contributed by atoms with Crippen LogP contribution >= 0.6 is 34.8 Å². The molecule has 0 aliphatic heterocycles. The Bertz CT molecular complexity index is 532. The van der Waals surface area contributed by atoms with E-state index in [1.165, 1.54) is 0 Å². The molecule has 0 bridgehead atoms. The van der Waals surface area contributed by atoms with Gasteiger partial charge in [-0.05, 0) is 35.4 Å². The van der Waals surface area contributed by atoms with E-state index in [-0.39, 0.29) is 29.0 Å². The van der Waals surface area contributed by atoms with Crippen LogP contribution in [0.2, 0.25) is 0 Å². The third-order valence-corrected chi connectivity index (χ3v) is 3.88. The SMILES string of the molecule is COc1ccc(C(c2ccc(OC)cc2)C(Cl)(Cl)Cl)cc1.[MgH2]. The summed E-state index contributed by atoms with van der Waals surface area (Å²) in [6, 6.07) is 15.0. The zero-order valence-corrected chi connectivity index (χ0v) is 13.9. The van der Waals surface area contributed by atoms with Crippen molar-refractivity contribution in [2.24, 2.45) is 0 Å². The van der Waals surface area contributed by atoms with Gasteiger partial charge in [0.2, 0.25) is 3.79 Å². The van der Waals surface area contributed by atoms with E-state index in [1.54, 1.807) is 14.2 Å². The van der Waals surface area contributed by atoms with Gasteiger partial charge in [-0.25, -0.2) is 0 Å². The third-order valence-electron chi connectivity index (χ3n) is 3.23. The van der Waals surface area contributed by atoms with Crippen LogP contribution in [0.15, 0.2) is 48.5 Å². The number of rotatable bonds is 4. The molecule has 0 fully saturated rings. The molecule has 0 saturated carbocycles. The van der Waals surface area contributed by atoms with Crippen molar-refractivity contribution < 1.29 is 9.47 Å². The second kappa shape index (κ2) is 8.51. The van der Waals surface area contributed by atoms with Crippen molar-refractivity contribution in [3.8, 4) is 11.5 Å². The Kier molecular flexibility index (Phi) is 7.63. The van der Waals surface area contributed by atoms with Crippen LogP contribution in [0.25, 0.3) is 0 Å². The molecular weight excluding hydrogens is 355 g/mol.